The summed E-state index contributed by atoms with van der Waals surface area (Å²) < 4.78 is 11.4. The molecule has 0 saturated heterocycles. The van der Waals surface area contributed by atoms with Crippen molar-refractivity contribution in [2.75, 3.05) is 19.8 Å². The fraction of sp³-hybridized carbons (Fsp3) is 0.643. The van der Waals surface area contributed by atoms with Gasteiger partial charge in [-0.2, -0.15) is 0 Å². The van der Waals surface area contributed by atoms with Crippen molar-refractivity contribution in [3.05, 3.63) is 30.1 Å². The van der Waals surface area contributed by atoms with E-state index in [-0.39, 0.29) is 12.3 Å². The lowest BCUT2D eigenvalue weighted by Crippen LogP contribution is -2.36. The third-order valence-corrected chi connectivity index (χ3v) is 2.59. The van der Waals surface area contributed by atoms with Crippen molar-refractivity contribution < 1.29 is 9.47 Å². The summed E-state index contributed by atoms with van der Waals surface area (Å²) in [6.45, 7) is 8.29. The fourth-order valence-corrected chi connectivity index (χ4v) is 1.80. The van der Waals surface area contributed by atoms with Gasteiger partial charge in [-0.05, 0) is 38.4 Å². The Kier molecular flexibility index (Phi) is 7.57. The van der Waals surface area contributed by atoms with Gasteiger partial charge in [0.1, 0.15) is 0 Å². The van der Waals surface area contributed by atoms with Crippen LogP contribution in [0.5, 0.6) is 0 Å². The van der Waals surface area contributed by atoms with Crippen molar-refractivity contribution in [1.82, 2.24) is 10.3 Å². The predicted octanol–water partition coefficient (Wildman–Crippen LogP) is 2.52. The second-order valence-corrected chi connectivity index (χ2v) is 4.00. The number of hydrogen-bond donors (Lipinski definition) is 1. The van der Waals surface area contributed by atoms with Crippen LogP contribution in [-0.2, 0) is 9.47 Å². The van der Waals surface area contributed by atoms with E-state index >= 15 is 0 Å². The topological polar surface area (TPSA) is 43.4 Å². The highest BCUT2D eigenvalue weighted by molar-refractivity contribution is 5.14. The molecule has 0 fully saturated rings. The van der Waals surface area contributed by atoms with E-state index < -0.39 is 0 Å². The van der Waals surface area contributed by atoms with Crippen molar-refractivity contribution in [2.45, 2.75) is 39.5 Å². The van der Waals surface area contributed by atoms with Crippen LogP contribution >= 0.6 is 0 Å². The van der Waals surface area contributed by atoms with Gasteiger partial charge in [-0.15, -0.1) is 0 Å². The first-order chi connectivity index (χ1) is 8.83. The number of aromatic nitrogens is 1. The summed E-state index contributed by atoms with van der Waals surface area (Å²) in [5.74, 6) is 0. The molecule has 0 aromatic carbocycles. The van der Waals surface area contributed by atoms with Crippen LogP contribution < -0.4 is 5.32 Å². The van der Waals surface area contributed by atoms with Crippen molar-refractivity contribution in [2.24, 2.45) is 0 Å². The molecule has 18 heavy (non-hydrogen) atoms. The van der Waals surface area contributed by atoms with Gasteiger partial charge < -0.3 is 14.8 Å². The standard InChI is InChI=1S/C14H24N2O2/c1-4-9-16-13(12-8-7-10-15-11-12)14(17-5-2)18-6-3/h7-8,10-11,13-14,16H,4-6,9H2,1-3H3. The zero-order valence-corrected chi connectivity index (χ0v) is 11.6. The van der Waals surface area contributed by atoms with Crippen LogP contribution in [0.15, 0.2) is 24.5 Å². The largest absolute Gasteiger partial charge is 0.351 e. The maximum atomic E-state index is 5.68. The molecule has 1 unspecified atom stereocenters. The normalized spacial score (nSPS) is 12.9. The smallest absolute Gasteiger partial charge is 0.176 e. The molecule has 0 bridgehead atoms. The van der Waals surface area contributed by atoms with E-state index in [0.29, 0.717) is 13.2 Å². The first-order valence-electron chi connectivity index (χ1n) is 6.69. The van der Waals surface area contributed by atoms with E-state index in [1.165, 1.54) is 0 Å². The van der Waals surface area contributed by atoms with Gasteiger partial charge in [-0.1, -0.05) is 13.0 Å². The van der Waals surface area contributed by atoms with E-state index in [1.807, 2.05) is 32.2 Å². The molecular formula is C14H24N2O2. The maximum absolute atomic E-state index is 5.68. The van der Waals surface area contributed by atoms with Crippen LogP contribution in [0.3, 0.4) is 0 Å². The highest BCUT2D eigenvalue weighted by Crippen LogP contribution is 2.19. The molecule has 0 aliphatic carbocycles. The van der Waals surface area contributed by atoms with Gasteiger partial charge in [0.2, 0.25) is 0 Å². The Morgan fingerprint density at radius 3 is 2.44 bits per heavy atom. The average Bonchev–Trinajstić information content (AvgIpc) is 2.41. The van der Waals surface area contributed by atoms with Crippen molar-refractivity contribution >= 4 is 0 Å². The van der Waals surface area contributed by atoms with Gasteiger partial charge in [0.25, 0.3) is 0 Å². The van der Waals surface area contributed by atoms with Crippen LogP contribution in [0, 0.1) is 0 Å². The molecular weight excluding hydrogens is 228 g/mol. The second-order valence-electron chi connectivity index (χ2n) is 4.00. The number of nitrogens with one attached hydrogen (secondary N) is 1. The summed E-state index contributed by atoms with van der Waals surface area (Å²) in [5.41, 5.74) is 1.10. The van der Waals surface area contributed by atoms with Crippen LogP contribution in [0.25, 0.3) is 0 Å². The van der Waals surface area contributed by atoms with Crippen LogP contribution in [0.1, 0.15) is 38.8 Å². The molecule has 0 aliphatic heterocycles. The van der Waals surface area contributed by atoms with E-state index in [1.54, 1.807) is 6.20 Å². The Hall–Kier alpha value is -0.970. The summed E-state index contributed by atoms with van der Waals surface area (Å²) in [4.78, 5) is 4.17. The Morgan fingerprint density at radius 2 is 1.94 bits per heavy atom. The summed E-state index contributed by atoms with van der Waals surface area (Å²) >= 11 is 0. The summed E-state index contributed by atoms with van der Waals surface area (Å²) in [6.07, 6.45) is 4.44. The molecule has 0 radical (unpaired) electrons. The lowest BCUT2D eigenvalue weighted by molar-refractivity contribution is -0.155. The van der Waals surface area contributed by atoms with E-state index in [2.05, 4.69) is 17.2 Å². The monoisotopic (exact) mass is 252 g/mol. The average molecular weight is 252 g/mol. The fourth-order valence-electron chi connectivity index (χ4n) is 1.80. The molecule has 0 aliphatic rings. The molecule has 4 nitrogen and oxygen atoms in total. The summed E-state index contributed by atoms with van der Waals surface area (Å²) in [5, 5.41) is 3.47. The number of hydrogen-bond acceptors (Lipinski definition) is 4. The Morgan fingerprint density at radius 1 is 1.22 bits per heavy atom. The zero-order valence-electron chi connectivity index (χ0n) is 11.6. The molecule has 0 saturated carbocycles. The van der Waals surface area contributed by atoms with Gasteiger partial charge in [0.05, 0.1) is 6.04 Å². The molecule has 1 atom stereocenters. The Bertz CT molecular complexity index is 300. The minimum atomic E-state index is -0.268. The first kappa shape index (κ1) is 15.1. The molecule has 0 spiro atoms. The number of ether oxygens (including phenoxy) is 2. The number of nitrogens with zero attached hydrogens (tertiary/aromatic N) is 1. The minimum absolute atomic E-state index is 0.0264. The first-order valence-corrected chi connectivity index (χ1v) is 6.69. The van der Waals surface area contributed by atoms with Crippen LogP contribution in [0.4, 0.5) is 0 Å². The van der Waals surface area contributed by atoms with Gasteiger partial charge in [0.15, 0.2) is 6.29 Å². The molecule has 1 N–H and O–H groups in total. The predicted molar refractivity (Wildman–Crippen MR) is 72.3 cm³/mol. The third-order valence-electron chi connectivity index (χ3n) is 2.59. The second kappa shape index (κ2) is 9.03. The summed E-state index contributed by atoms with van der Waals surface area (Å²) in [7, 11) is 0. The van der Waals surface area contributed by atoms with Gasteiger partial charge in [-0.25, -0.2) is 0 Å². The minimum Gasteiger partial charge on any atom is -0.351 e. The molecule has 1 aromatic rings. The quantitative estimate of drug-likeness (QED) is 0.686. The number of rotatable bonds is 9. The molecule has 0 amide bonds. The van der Waals surface area contributed by atoms with Crippen molar-refractivity contribution in [3.63, 3.8) is 0 Å². The van der Waals surface area contributed by atoms with Crippen molar-refractivity contribution in [3.8, 4) is 0 Å². The lowest BCUT2D eigenvalue weighted by atomic mass is 10.1. The highest BCUT2D eigenvalue weighted by atomic mass is 16.7. The number of pyridine rings is 1. The Labute approximate surface area is 110 Å². The zero-order chi connectivity index (χ0) is 13.2. The van der Waals surface area contributed by atoms with Gasteiger partial charge >= 0.3 is 0 Å². The molecule has 1 heterocycles. The highest BCUT2D eigenvalue weighted by Gasteiger charge is 2.23. The SMILES string of the molecule is CCCNC(c1cccnc1)C(OCC)OCC. The molecule has 4 heteroatoms. The molecule has 1 aromatic heterocycles. The summed E-state index contributed by atoms with van der Waals surface area (Å²) in [6, 6.07) is 4.01. The molecule has 1 rings (SSSR count). The Balaban J connectivity index is 2.80. The van der Waals surface area contributed by atoms with E-state index in [9.17, 15) is 0 Å². The third kappa shape index (κ3) is 4.72. The van der Waals surface area contributed by atoms with Crippen LogP contribution in [-0.4, -0.2) is 31.0 Å². The van der Waals surface area contributed by atoms with Gasteiger partial charge in [-0.3, -0.25) is 4.98 Å². The van der Waals surface area contributed by atoms with Crippen molar-refractivity contribution in [1.29, 1.82) is 0 Å². The lowest BCUT2D eigenvalue weighted by Gasteiger charge is -2.27. The molecule has 102 valence electrons. The van der Waals surface area contributed by atoms with E-state index in [0.717, 1.165) is 18.5 Å². The van der Waals surface area contributed by atoms with Crippen LogP contribution in [0.2, 0.25) is 0 Å². The van der Waals surface area contributed by atoms with Gasteiger partial charge in [0, 0.05) is 25.6 Å². The maximum Gasteiger partial charge on any atom is 0.176 e. The van der Waals surface area contributed by atoms with E-state index in [4.69, 9.17) is 9.47 Å².